The van der Waals surface area contributed by atoms with E-state index in [1.54, 1.807) is 11.3 Å². The molecule has 6 heteroatoms. The van der Waals surface area contributed by atoms with Crippen LogP contribution >= 0.6 is 11.3 Å². The number of aromatic nitrogens is 2. The van der Waals surface area contributed by atoms with Crippen molar-refractivity contribution in [3.63, 3.8) is 0 Å². The molecule has 2 aromatic heterocycles. The fourth-order valence-corrected chi connectivity index (χ4v) is 4.12. The van der Waals surface area contributed by atoms with Gasteiger partial charge in [0.05, 0.1) is 0 Å². The van der Waals surface area contributed by atoms with Crippen molar-refractivity contribution in [2.24, 2.45) is 0 Å². The van der Waals surface area contributed by atoms with Gasteiger partial charge in [-0.25, -0.2) is 4.98 Å². The van der Waals surface area contributed by atoms with E-state index in [-0.39, 0.29) is 5.91 Å². The fourth-order valence-electron chi connectivity index (χ4n) is 3.38. The summed E-state index contributed by atoms with van der Waals surface area (Å²) in [5.41, 5.74) is 1.10. The average molecular weight is 340 g/mol. The van der Waals surface area contributed by atoms with E-state index < -0.39 is 0 Å². The Kier molecular flexibility index (Phi) is 4.21. The molecule has 1 aliphatic rings. The quantitative estimate of drug-likeness (QED) is 0.777. The van der Waals surface area contributed by atoms with Gasteiger partial charge in [-0.05, 0) is 30.4 Å². The number of nitrogens with one attached hydrogen (secondary N) is 1. The highest BCUT2D eigenvalue weighted by Crippen LogP contribution is 2.26. The number of carbonyl (C=O) groups is 1. The Labute approximate surface area is 144 Å². The first-order chi connectivity index (χ1) is 11.8. The van der Waals surface area contributed by atoms with Crippen LogP contribution in [0.15, 0.2) is 48.1 Å². The zero-order chi connectivity index (χ0) is 16.4. The highest BCUT2D eigenvalue weighted by atomic mass is 32.1. The van der Waals surface area contributed by atoms with Gasteiger partial charge in [-0.1, -0.05) is 18.2 Å². The lowest BCUT2D eigenvalue weighted by Crippen LogP contribution is -2.41. The smallest absolute Gasteiger partial charge is 0.240 e. The van der Waals surface area contributed by atoms with Gasteiger partial charge in [0.1, 0.15) is 6.54 Å². The Balaban J connectivity index is 1.36. The number of para-hydroxylation sites is 1. The fraction of sp³-hybridized carbons (Fsp3) is 0.333. The summed E-state index contributed by atoms with van der Waals surface area (Å²) in [6, 6.07) is 10.5. The summed E-state index contributed by atoms with van der Waals surface area (Å²) in [5, 5.41) is 7.32. The van der Waals surface area contributed by atoms with E-state index in [9.17, 15) is 4.79 Å². The van der Waals surface area contributed by atoms with E-state index in [1.165, 1.54) is 0 Å². The number of hydrogen-bond donors (Lipinski definition) is 1. The highest BCUT2D eigenvalue weighted by Gasteiger charge is 2.26. The molecule has 1 amide bonds. The highest BCUT2D eigenvalue weighted by molar-refractivity contribution is 7.13. The number of nitrogens with zero attached hydrogens (tertiary/aromatic N) is 3. The van der Waals surface area contributed by atoms with Gasteiger partial charge < -0.3 is 14.8 Å². The Hall–Kier alpha value is -2.34. The molecule has 0 aliphatic carbocycles. The Morgan fingerprint density at radius 2 is 2.25 bits per heavy atom. The molecule has 1 atom stereocenters. The van der Waals surface area contributed by atoms with Gasteiger partial charge in [0.15, 0.2) is 5.13 Å². The molecule has 0 bridgehead atoms. The lowest BCUT2D eigenvalue weighted by molar-refractivity contribution is -0.121. The van der Waals surface area contributed by atoms with Gasteiger partial charge in [-0.2, -0.15) is 0 Å². The van der Waals surface area contributed by atoms with E-state index in [0.29, 0.717) is 19.1 Å². The third-order valence-corrected chi connectivity index (χ3v) is 5.38. The minimum atomic E-state index is 0.0577. The van der Waals surface area contributed by atoms with Crippen LogP contribution in [0.5, 0.6) is 0 Å². The van der Waals surface area contributed by atoms with Crippen LogP contribution in [0, 0.1) is 0 Å². The van der Waals surface area contributed by atoms with Crippen molar-refractivity contribution in [1.82, 2.24) is 14.9 Å². The largest absolute Gasteiger partial charge is 0.352 e. The topological polar surface area (TPSA) is 50.2 Å². The summed E-state index contributed by atoms with van der Waals surface area (Å²) in [6.07, 6.45) is 6.07. The van der Waals surface area contributed by atoms with Crippen LogP contribution in [0.4, 0.5) is 5.13 Å². The normalized spacial score (nSPS) is 17.5. The van der Waals surface area contributed by atoms with Crippen LogP contribution in [0.2, 0.25) is 0 Å². The first kappa shape index (κ1) is 15.2. The van der Waals surface area contributed by atoms with Crippen molar-refractivity contribution < 1.29 is 4.79 Å². The van der Waals surface area contributed by atoms with Crippen molar-refractivity contribution in [2.45, 2.75) is 25.4 Å². The van der Waals surface area contributed by atoms with Crippen molar-refractivity contribution in [3.8, 4) is 0 Å². The van der Waals surface area contributed by atoms with Gasteiger partial charge in [-0.3, -0.25) is 4.79 Å². The monoisotopic (exact) mass is 340 g/mol. The van der Waals surface area contributed by atoms with Gasteiger partial charge in [0.2, 0.25) is 5.91 Å². The average Bonchev–Trinajstić information content (AvgIpc) is 3.33. The van der Waals surface area contributed by atoms with Crippen LogP contribution in [0.1, 0.15) is 12.8 Å². The van der Waals surface area contributed by atoms with Crippen LogP contribution < -0.4 is 10.2 Å². The molecule has 0 saturated carbocycles. The maximum absolute atomic E-state index is 12.3. The van der Waals surface area contributed by atoms with Gasteiger partial charge in [0, 0.05) is 42.4 Å². The lowest BCUT2D eigenvalue weighted by Gasteiger charge is -2.24. The molecule has 1 unspecified atom stereocenters. The molecule has 0 radical (unpaired) electrons. The van der Waals surface area contributed by atoms with Gasteiger partial charge in [0.25, 0.3) is 0 Å². The second-order valence-corrected chi connectivity index (χ2v) is 6.98. The molecule has 3 heterocycles. The first-order valence-electron chi connectivity index (χ1n) is 8.28. The van der Waals surface area contributed by atoms with Gasteiger partial charge >= 0.3 is 0 Å². The van der Waals surface area contributed by atoms with E-state index in [2.05, 4.69) is 21.3 Å². The zero-order valence-corrected chi connectivity index (χ0v) is 14.2. The van der Waals surface area contributed by atoms with E-state index in [1.807, 2.05) is 46.6 Å². The number of rotatable bonds is 5. The molecule has 1 aliphatic heterocycles. The summed E-state index contributed by atoms with van der Waals surface area (Å²) >= 11 is 1.66. The summed E-state index contributed by atoms with van der Waals surface area (Å²) < 4.78 is 2.00. The second-order valence-electron chi connectivity index (χ2n) is 6.11. The number of carbonyl (C=O) groups excluding carboxylic acids is 1. The van der Waals surface area contributed by atoms with Crippen LogP contribution in [-0.2, 0) is 11.3 Å². The minimum absolute atomic E-state index is 0.0577. The first-order valence-corrected chi connectivity index (χ1v) is 9.16. The number of benzene rings is 1. The summed E-state index contributed by atoms with van der Waals surface area (Å²) in [4.78, 5) is 19.1. The van der Waals surface area contributed by atoms with Crippen LogP contribution in [0.3, 0.4) is 0 Å². The molecule has 124 valence electrons. The van der Waals surface area contributed by atoms with E-state index in [0.717, 1.165) is 35.4 Å². The van der Waals surface area contributed by atoms with Crippen molar-refractivity contribution in [2.75, 3.05) is 18.0 Å². The number of anilines is 1. The van der Waals surface area contributed by atoms with Crippen molar-refractivity contribution >= 4 is 33.3 Å². The lowest BCUT2D eigenvalue weighted by atomic mass is 10.2. The summed E-state index contributed by atoms with van der Waals surface area (Å²) in [7, 11) is 0. The van der Waals surface area contributed by atoms with E-state index in [4.69, 9.17) is 0 Å². The molecule has 1 N–H and O–H groups in total. The minimum Gasteiger partial charge on any atom is -0.352 e. The molecule has 1 saturated heterocycles. The maximum atomic E-state index is 12.3. The molecular weight excluding hydrogens is 320 g/mol. The molecule has 1 aromatic carbocycles. The third-order valence-electron chi connectivity index (χ3n) is 4.57. The maximum Gasteiger partial charge on any atom is 0.240 e. The Morgan fingerprint density at radius 3 is 3.12 bits per heavy atom. The SMILES string of the molecule is O=C(Cn1ccc2ccccc21)NCC1CCCN1c1nccs1. The standard InChI is InChI=1S/C18H20N4OS/c23-17(13-21-10-7-14-4-1-2-6-16(14)21)20-12-15-5-3-9-22(15)18-19-8-11-24-18/h1-2,4,6-8,10-11,15H,3,5,9,12-13H2,(H,20,23). The van der Waals surface area contributed by atoms with Crippen molar-refractivity contribution in [1.29, 1.82) is 0 Å². The summed E-state index contributed by atoms with van der Waals surface area (Å²) in [5.74, 6) is 0.0577. The molecule has 5 nitrogen and oxygen atoms in total. The Morgan fingerprint density at radius 1 is 1.33 bits per heavy atom. The number of amides is 1. The van der Waals surface area contributed by atoms with Crippen LogP contribution in [-0.4, -0.2) is 34.6 Å². The van der Waals surface area contributed by atoms with Gasteiger partial charge in [-0.15, -0.1) is 11.3 Å². The number of hydrogen-bond acceptors (Lipinski definition) is 4. The van der Waals surface area contributed by atoms with E-state index >= 15 is 0 Å². The molecule has 3 aromatic rings. The molecular formula is C18H20N4OS. The van der Waals surface area contributed by atoms with Crippen LogP contribution in [0.25, 0.3) is 10.9 Å². The summed E-state index contributed by atoms with van der Waals surface area (Å²) in [6.45, 7) is 2.06. The molecule has 24 heavy (non-hydrogen) atoms. The predicted octanol–water partition coefficient (Wildman–Crippen LogP) is 2.88. The molecule has 1 fully saturated rings. The zero-order valence-electron chi connectivity index (χ0n) is 13.4. The second kappa shape index (κ2) is 6.65. The molecule has 0 spiro atoms. The number of fused-ring (bicyclic) bond motifs is 1. The predicted molar refractivity (Wildman–Crippen MR) is 97.4 cm³/mol. The number of thiazole rings is 1. The van der Waals surface area contributed by atoms with Crippen molar-refractivity contribution in [3.05, 3.63) is 48.1 Å². The molecule has 4 rings (SSSR count). The third kappa shape index (κ3) is 3.01. The Bertz CT molecular complexity index is 827.